The Kier molecular flexibility index (Phi) is 58.5. The minimum atomic E-state index is -0.668. The maximum Gasteiger partial charge on any atom is 0.305 e. The summed E-state index contributed by atoms with van der Waals surface area (Å²) in [4.78, 5) is 24.5. The molecule has 0 aromatic heterocycles. The molecule has 3 N–H and O–H groups in total. The van der Waals surface area contributed by atoms with Crippen LogP contribution in [0.5, 0.6) is 0 Å². The molecule has 0 saturated carbocycles. The minimum absolute atomic E-state index is 0.0349. The Balaban J connectivity index is 3.45. The number of nitrogens with one attached hydrogen (secondary N) is 1. The molecule has 0 spiro atoms. The normalized spacial score (nSPS) is 12.7. The molecule has 0 aromatic rings. The topological polar surface area (TPSA) is 95.9 Å². The summed E-state index contributed by atoms with van der Waals surface area (Å²) in [6, 6.07) is -0.546. The molecule has 414 valence electrons. The molecule has 0 fully saturated rings. The Morgan fingerprint density at radius 1 is 0.400 bits per heavy atom. The van der Waals surface area contributed by atoms with Crippen molar-refractivity contribution in [2.24, 2.45) is 0 Å². The number of hydrogen-bond acceptors (Lipinski definition) is 5. The van der Waals surface area contributed by atoms with Gasteiger partial charge in [-0.05, 0) is 44.9 Å². The predicted molar refractivity (Wildman–Crippen MR) is 306 cm³/mol. The Morgan fingerprint density at radius 2 is 0.714 bits per heavy atom. The van der Waals surface area contributed by atoms with E-state index < -0.39 is 12.1 Å². The molecule has 0 aliphatic carbocycles. The summed E-state index contributed by atoms with van der Waals surface area (Å²) in [5.41, 5.74) is 0. The van der Waals surface area contributed by atoms with E-state index in [9.17, 15) is 19.8 Å². The van der Waals surface area contributed by atoms with Gasteiger partial charge in [0.2, 0.25) is 5.91 Å². The first kappa shape index (κ1) is 68.3. The molecular formula is C64H123NO5. The van der Waals surface area contributed by atoms with Crippen molar-refractivity contribution >= 4 is 11.9 Å². The third-order valence-electron chi connectivity index (χ3n) is 14.8. The zero-order chi connectivity index (χ0) is 50.7. The van der Waals surface area contributed by atoms with Crippen LogP contribution in [0.25, 0.3) is 0 Å². The molecule has 1 amide bonds. The van der Waals surface area contributed by atoms with Crippen molar-refractivity contribution in [3.05, 3.63) is 24.3 Å². The van der Waals surface area contributed by atoms with Crippen molar-refractivity contribution < 1.29 is 24.5 Å². The molecule has 6 nitrogen and oxygen atoms in total. The lowest BCUT2D eigenvalue weighted by atomic mass is 10.0. The fourth-order valence-corrected chi connectivity index (χ4v) is 9.95. The van der Waals surface area contributed by atoms with Crippen LogP contribution < -0.4 is 5.32 Å². The number of aliphatic hydroxyl groups excluding tert-OH is 2. The Hall–Kier alpha value is -1.66. The van der Waals surface area contributed by atoms with Crippen LogP contribution in [0.4, 0.5) is 0 Å². The second-order valence-electron chi connectivity index (χ2n) is 21.7. The molecule has 0 bridgehead atoms. The fraction of sp³-hybridized carbons (Fsp3) is 0.906. The molecule has 0 aromatic carbocycles. The van der Waals surface area contributed by atoms with E-state index in [1.807, 2.05) is 0 Å². The van der Waals surface area contributed by atoms with Gasteiger partial charge in [-0.1, -0.05) is 314 Å². The SMILES string of the molecule is CCCCCCCCCCCCCCCCCCCCCCCC(O)C(CO)NC(=O)CCCCCCCCCCCCCCCC/C=C\C/C=C\CCOC(=O)CCCCCCCCCCCCC. The standard InChI is InChI=1S/C64H123NO5/c1-3-5-7-9-11-13-15-16-17-18-19-21-24-27-30-33-37-40-44-48-52-56-62(67)61(60-66)65-63(68)57-53-49-45-41-38-34-31-28-25-22-20-23-26-29-32-35-39-43-47-51-55-59-70-64(69)58-54-50-46-42-36-14-12-10-8-6-4-2/h35,39,47,51,61-62,66-67H,3-34,36-38,40-46,48-50,52-60H2,1-2H3,(H,65,68)/b39-35-,51-47-. The molecule has 2 atom stereocenters. The summed E-state index contributed by atoms with van der Waals surface area (Å²) < 4.78 is 5.40. The average Bonchev–Trinajstić information content (AvgIpc) is 3.36. The highest BCUT2D eigenvalue weighted by molar-refractivity contribution is 5.76. The highest BCUT2D eigenvalue weighted by atomic mass is 16.5. The van der Waals surface area contributed by atoms with Crippen LogP contribution in [-0.4, -0.2) is 47.4 Å². The number of carbonyl (C=O) groups is 2. The Labute approximate surface area is 437 Å². The highest BCUT2D eigenvalue weighted by Gasteiger charge is 2.20. The minimum Gasteiger partial charge on any atom is -0.465 e. The molecule has 0 rings (SSSR count). The van der Waals surface area contributed by atoms with Crippen LogP contribution in [0.2, 0.25) is 0 Å². The van der Waals surface area contributed by atoms with Crippen molar-refractivity contribution in [3.63, 3.8) is 0 Å². The van der Waals surface area contributed by atoms with Gasteiger partial charge in [0.15, 0.2) is 0 Å². The second kappa shape index (κ2) is 59.9. The fourth-order valence-electron chi connectivity index (χ4n) is 9.95. The van der Waals surface area contributed by atoms with Crippen molar-refractivity contribution in [1.29, 1.82) is 0 Å². The first-order chi connectivity index (χ1) is 34.5. The molecule has 0 aliphatic rings. The number of carbonyl (C=O) groups excluding carboxylic acids is 2. The largest absolute Gasteiger partial charge is 0.465 e. The van der Waals surface area contributed by atoms with E-state index in [2.05, 4.69) is 43.5 Å². The third kappa shape index (κ3) is 55.7. The van der Waals surface area contributed by atoms with E-state index in [-0.39, 0.29) is 18.5 Å². The zero-order valence-corrected chi connectivity index (χ0v) is 47.3. The van der Waals surface area contributed by atoms with E-state index in [1.54, 1.807) is 0 Å². The first-order valence-electron chi connectivity index (χ1n) is 31.6. The summed E-state index contributed by atoms with van der Waals surface area (Å²) in [5.74, 6) is -0.0711. The van der Waals surface area contributed by atoms with Gasteiger partial charge in [-0.25, -0.2) is 0 Å². The number of hydrogen-bond donors (Lipinski definition) is 3. The Bertz CT molecular complexity index is 1090. The monoisotopic (exact) mass is 986 g/mol. The molecule has 2 unspecified atom stereocenters. The van der Waals surface area contributed by atoms with Crippen molar-refractivity contribution in [2.75, 3.05) is 13.2 Å². The van der Waals surface area contributed by atoms with E-state index in [0.717, 1.165) is 51.4 Å². The van der Waals surface area contributed by atoms with Gasteiger partial charge in [-0.15, -0.1) is 0 Å². The highest BCUT2D eigenvalue weighted by Crippen LogP contribution is 2.18. The molecule has 70 heavy (non-hydrogen) atoms. The van der Waals surface area contributed by atoms with E-state index in [4.69, 9.17) is 4.74 Å². The van der Waals surface area contributed by atoms with Gasteiger partial charge in [0.05, 0.1) is 25.4 Å². The van der Waals surface area contributed by atoms with Gasteiger partial charge in [0.1, 0.15) is 0 Å². The van der Waals surface area contributed by atoms with Crippen LogP contribution in [0.3, 0.4) is 0 Å². The van der Waals surface area contributed by atoms with Crippen molar-refractivity contribution in [3.8, 4) is 0 Å². The van der Waals surface area contributed by atoms with Crippen LogP contribution >= 0.6 is 0 Å². The molecular weight excluding hydrogens is 863 g/mol. The number of allylic oxidation sites excluding steroid dienone is 3. The summed E-state index contributed by atoms with van der Waals surface area (Å²) in [5, 5.41) is 23.4. The van der Waals surface area contributed by atoms with Crippen molar-refractivity contribution in [2.45, 2.75) is 360 Å². The zero-order valence-electron chi connectivity index (χ0n) is 47.3. The number of esters is 1. The van der Waals surface area contributed by atoms with Gasteiger partial charge in [-0.2, -0.15) is 0 Å². The summed E-state index contributed by atoms with van der Waals surface area (Å²) in [6.07, 6.45) is 73.5. The van der Waals surface area contributed by atoms with E-state index >= 15 is 0 Å². The molecule has 6 heteroatoms. The maximum absolute atomic E-state index is 12.5. The summed E-state index contributed by atoms with van der Waals surface area (Å²) >= 11 is 0. The summed E-state index contributed by atoms with van der Waals surface area (Å²) in [6.45, 7) is 4.86. The Morgan fingerprint density at radius 3 is 1.09 bits per heavy atom. The number of aliphatic hydroxyl groups is 2. The first-order valence-corrected chi connectivity index (χ1v) is 31.6. The quantitative estimate of drug-likeness (QED) is 0.0321. The molecule has 0 heterocycles. The van der Waals surface area contributed by atoms with Crippen LogP contribution in [0.1, 0.15) is 348 Å². The van der Waals surface area contributed by atoms with Gasteiger partial charge < -0.3 is 20.3 Å². The van der Waals surface area contributed by atoms with Crippen LogP contribution in [0, 0.1) is 0 Å². The average molecular weight is 987 g/mol. The predicted octanol–water partition coefficient (Wildman–Crippen LogP) is 19.8. The van der Waals surface area contributed by atoms with Gasteiger partial charge in [0, 0.05) is 12.8 Å². The second-order valence-corrected chi connectivity index (χ2v) is 21.7. The number of amides is 1. The number of rotatable bonds is 59. The van der Waals surface area contributed by atoms with Crippen molar-refractivity contribution in [1.82, 2.24) is 5.32 Å². The van der Waals surface area contributed by atoms with E-state index in [0.29, 0.717) is 25.9 Å². The number of unbranched alkanes of at least 4 members (excludes halogenated alkanes) is 44. The lowest BCUT2D eigenvalue weighted by molar-refractivity contribution is -0.143. The van der Waals surface area contributed by atoms with Crippen LogP contribution in [0.15, 0.2) is 24.3 Å². The molecule has 0 aliphatic heterocycles. The molecule has 0 saturated heterocycles. The van der Waals surface area contributed by atoms with Crippen LogP contribution in [-0.2, 0) is 14.3 Å². The van der Waals surface area contributed by atoms with Gasteiger partial charge in [0.25, 0.3) is 0 Å². The van der Waals surface area contributed by atoms with Gasteiger partial charge >= 0.3 is 5.97 Å². The maximum atomic E-state index is 12.5. The number of ether oxygens (including phenoxy) is 1. The third-order valence-corrected chi connectivity index (χ3v) is 14.8. The van der Waals surface area contributed by atoms with E-state index in [1.165, 1.54) is 263 Å². The summed E-state index contributed by atoms with van der Waals surface area (Å²) in [7, 11) is 0. The smallest absolute Gasteiger partial charge is 0.305 e. The lowest BCUT2D eigenvalue weighted by Crippen LogP contribution is -2.45. The van der Waals surface area contributed by atoms with Gasteiger partial charge in [-0.3, -0.25) is 9.59 Å². The lowest BCUT2D eigenvalue weighted by Gasteiger charge is -2.22. The molecule has 0 radical (unpaired) electrons.